The molecule has 0 amide bonds. The normalized spacial score (nSPS) is 11.0. The molecule has 0 aliphatic carbocycles. The van der Waals surface area contributed by atoms with Gasteiger partial charge in [-0.05, 0) is 38.1 Å². The van der Waals surface area contributed by atoms with E-state index in [0.717, 1.165) is 11.1 Å². The Hall–Kier alpha value is -3.11. The average molecular weight is 409 g/mol. The van der Waals surface area contributed by atoms with Crippen LogP contribution < -0.4 is 10.2 Å². The Bertz CT molecular complexity index is 1240. The van der Waals surface area contributed by atoms with Crippen molar-refractivity contribution in [2.45, 2.75) is 20.5 Å². The highest BCUT2D eigenvalue weighted by Crippen LogP contribution is 2.32. The molecule has 4 rings (SSSR count). The molecule has 0 N–H and O–H groups in total. The van der Waals surface area contributed by atoms with E-state index in [-0.39, 0.29) is 28.4 Å². The van der Waals surface area contributed by atoms with Crippen LogP contribution in [0.5, 0.6) is 5.75 Å². The molecular weight excluding hydrogens is 391 g/mol. The lowest BCUT2D eigenvalue weighted by Gasteiger charge is -2.13. The molecule has 146 valence electrons. The number of fused-ring (bicyclic) bond motifs is 1. The van der Waals surface area contributed by atoms with Gasteiger partial charge in [0.25, 0.3) is 0 Å². The molecule has 0 spiro atoms. The SMILES string of the molecule is Cc1ccc(-c2oc3ccc(C)cc3c(=O)c2OCc2c(F)cccc2Cl)cc1. The van der Waals surface area contributed by atoms with Gasteiger partial charge in [-0.15, -0.1) is 0 Å². The van der Waals surface area contributed by atoms with Gasteiger partial charge in [0.15, 0.2) is 5.76 Å². The number of aryl methyl sites for hydroxylation is 2. The van der Waals surface area contributed by atoms with Crippen LogP contribution in [0, 0.1) is 19.7 Å². The molecule has 0 aliphatic heterocycles. The van der Waals surface area contributed by atoms with Gasteiger partial charge < -0.3 is 9.15 Å². The standard InChI is InChI=1S/C24H18ClFO3/c1-14-6-9-16(10-7-14)23-24(28-13-18-19(25)4-3-5-20(18)26)22(27)17-12-15(2)8-11-21(17)29-23/h3-12H,13H2,1-2H3. The van der Waals surface area contributed by atoms with Crippen LogP contribution in [0.1, 0.15) is 16.7 Å². The number of rotatable bonds is 4. The van der Waals surface area contributed by atoms with Crippen molar-refractivity contribution < 1.29 is 13.5 Å². The molecule has 0 radical (unpaired) electrons. The Morgan fingerprint density at radius 1 is 1.00 bits per heavy atom. The van der Waals surface area contributed by atoms with Gasteiger partial charge in [0, 0.05) is 11.1 Å². The second-order valence-electron chi connectivity index (χ2n) is 6.94. The Morgan fingerprint density at radius 2 is 1.72 bits per heavy atom. The zero-order valence-corrected chi connectivity index (χ0v) is 16.7. The van der Waals surface area contributed by atoms with Crippen LogP contribution in [0.15, 0.2) is 69.9 Å². The Labute approximate surface area is 172 Å². The molecule has 0 bridgehead atoms. The van der Waals surface area contributed by atoms with Crippen molar-refractivity contribution in [2.24, 2.45) is 0 Å². The third-order valence-electron chi connectivity index (χ3n) is 4.74. The molecule has 0 unspecified atom stereocenters. The van der Waals surface area contributed by atoms with Crippen molar-refractivity contribution in [3.63, 3.8) is 0 Å². The highest BCUT2D eigenvalue weighted by Gasteiger charge is 2.19. The number of hydrogen-bond donors (Lipinski definition) is 0. The molecule has 3 aromatic carbocycles. The Kier molecular flexibility index (Phi) is 5.12. The lowest BCUT2D eigenvalue weighted by Crippen LogP contribution is -2.11. The summed E-state index contributed by atoms with van der Waals surface area (Å²) in [7, 11) is 0. The molecule has 0 aliphatic rings. The zero-order valence-electron chi connectivity index (χ0n) is 16.0. The van der Waals surface area contributed by atoms with E-state index in [1.165, 1.54) is 12.1 Å². The summed E-state index contributed by atoms with van der Waals surface area (Å²) in [6.07, 6.45) is 0. The first-order valence-corrected chi connectivity index (χ1v) is 9.52. The number of hydrogen-bond acceptors (Lipinski definition) is 3. The van der Waals surface area contributed by atoms with Crippen LogP contribution in [-0.2, 0) is 6.61 Å². The van der Waals surface area contributed by atoms with Crippen LogP contribution in [0.25, 0.3) is 22.3 Å². The fourth-order valence-electron chi connectivity index (χ4n) is 3.13. The maximum absolute atomic E-state index is 14.2. The van der Waals surface area contributed by atoms with Crippen molar-refractivity contribution in [1.82, 2.24) is 0 Å². The second kappa shape index (κ2) is 7.72. The fraction of sp³-hybridized carbons (Fsp3) is 0.125. The number of halogens is 2. The minimum absolute atomic E-state index is 0.0336. The van der Waals surface area contributed by atoms with Crippen molar-refractivity contribution in [3.8, 4) is 17.1 Å². The largest absolute Gasteiger partial charge is 0.481 e. The highest BCUT2D eigenvalue weighted by atomic mass is 35.5. The summed E-state index contributed by atoms with van der Waals surface area (Å²) in [6.45, 7) is 3.68. The van der Waals surface area contributed by atoms with Crippen LogP contribution in [-0.4, -0.2) is 0 Å². The Balaban J connectivity index is 1.87. The van der Waals surface area contributed by atoms with E-state index in [0.29, 0.717) is 22.3 Å². The summed E-state index contributed by atoms with van der Waals surface area (Å²) in [5.41, 5.74) is 3.05. The minimum atomic E-state index is -0.490. The van der Waals surface area contributed by atoms with Crippen molar-refractivity contribution >= 4 is 22.6 Å². The molecule has 0 fully saturated rings. The lowest BCUT2D eigenvalue weighted by molar-refractivity contribution is 0.292. The van der Waals surface area contributed by atoms with Crippen molar-refractivity contribution in [2.75, 3.05) is 0 Å². The quantitative estimate of drug-likeness (QED) is 0.389. The molecule has 0 saturated carbocycles. The molecule has 29 heavy (non-hydrogen) atoms. The predicted molar refractivity (Wildman–Crippen MR) is 113 cm³/mol. The summed E-state index contributed by atoms with van der Waals surface area (Å²) in [5, 5.41) is 0.651. The molecule has 0 saturated heterocycles. The molecule has 5 heteroatoms. The predicted octanol–water partition coefficient (Wildman–Crippen LogP) is 6.45. The Morgan fingerprint density at radius 3 is 2.45 bits per heavy atom. The lowest BCUT2D eigenvalue weighted by atomic mass is 10.1. The zero-order chi connectivity index (χ0) is 20.5. The van der Waals surface area contributed by atoms with Crippen molar-refractivity contribution in [1.29, 1.82) is 0 Å². The third kappa shape index (κ3) is 3.76. The van der Waals surface area contributed by atoms with Gasteiger partial charge >= 0.3 is 0 Å². The topological polar surface area (TPSA) is 39.4 Å². The minimum Gasteiger partial charge on any atom is -0.481 e. The van der Waals surface area contributed by atoms with Crippen LogP contribution in [0.2, 0.25) is 5.02 Å². The summed E-state index contributed by atoms with van der Waals surface area (Å²) in [4.78, 5) is 13.2. The molecule has 3 nitrogen and oxygen atoms in total. The third-order valence-corrected chi connectivity index (χ3v) is 5.09. The van der Waals surface area contributed by atoms with Gasteiger partial charge in [0.05, 0.1) is 10.4 Å². The monoisotopic (exact) mass is 408 g/mol. The number of ether oxygens (including phenoxy) is 1. The first kappa shape index (κ1) is 19.2. The first-order valence-electron chi connectivity index (χ1n) is 9.14. The van der Waals surface area contributed by atoms with Gasteiger partial charge in [-0.1, -0.05) is 59.1 Å². The van der Waals surface area contributed by atoms with Gasteiger partial charge in [-0.2, -0.15) is 0 Å². The average Bonchev–Trinajstić information content (AvgIpc) is 2.70. The highest BCUT2D eigenvalue weighted by molar-refractivity contribution is 6.31. The van der Waals surface area contributed by atoms with Crippen LogP contribution in [0.4, 0.5) is 4.39 Å². The molecule has 0 atom stereocenters. The van der Waals surface area contributed by atoms with E-state index >= 15 is 0 Å². The van der Waals surface area contributed by atoms with Crippen molar-refractivity contribution in [3.05, 3.63) is 98.4 Å². The van der Waals surface area contributed by atoms with Gasteiger partial charge in [-0.25, -0.2) is 4.39 Å². The number of benzene rings is 3. The summed E-state index contributed by atoms with van der Waals surface area (Å²) >= 11 is 6.10. The maximum Gasteiger partial charge on any atom is 0.235 e. The molecule has 4 aromatic rings. The van der Waals surface area contributed by atoms with E-state index in [1.807, 2.05) is 44.2 Å². The van der Waals surface area contributed by atoms with Gasteiger partial charge in [-0.3, -0.25) is 4.79 Å². The van der Waals surface area contributed by atoms with Gasteiger partial charge in [0.2, 0.25) is 11.2 Å². The smallest absolute Gasteiger partial charge is 0.235 e. The molecule has 1 aromatic heterocycles. The molecular formula is C24H18ClFO3. The maximum atomic E-state index is 14.2. The molecule has 1 heterocycles. The summed E-state index contributed by atoms with van der Waals surface area (Å²) in [6, 6.07) is 17.4. The second-order valence-corrected chi connectivity index (χ2v) is 7.35. The summed E-state index contributed by atoms with van der Waals surface area (Å²) < 4.78 is 26.0. The van der Waals surface area contributed by atoms with E-state index in [1.54, 1.807) is 18.2 Å². The van der Waals surface area contributed by atoms with E-state index in [9.17, 15) is 9.18 Å². The van der Waals surface area contributed by atoms with Crippen LogP contribution in [0.3, 0.4) is 0 Å². The fourth-order valence-corrected chi connectivity index (χ4v) is 3.35. The van der Waals surface area contributed by atoms with E-state index in [4.69, 9.17) is 20.8 Å². The first-order chi connectivity index (χ1) is 13.9. The summed E-state index contributed by atoms with van der Waals surface area (Å²) in [5.74, 6) is -0.152. The van der Waals surface area contributed by atoms with Gasteiger partial charge in [0.1, 0.15) is 18.0 Å². The van der Waals surface area contributed by atoms with E-state index in [2.05, 4.69) is 0 Å². The van der Waals surface area contributed by atoms with E-state index < -0.39 is 5.82 Å². The van der Waals surface area contributed by atoms with Crippen LogP contribution >= 0.6 is 11.6 Å².